The largest absolute Gasteiger partial charge is 0.459 e. The van der Waals surface area contributed by atoms with Gasteiger partial charge in [-0.2, -0.15) is 0 Å². The summed E-state index contributed by atoms with van der Waals surface area (Å²) < 4.78 is 10.9. The van der Waals surface area contributed by atoms with Crippen molar-refractivity contribution >= 4 is 11.9 Å². The fourth-order valence-electron chi connectivity index (χ4n) is 3.87. The molecule has 0 aromatic heterocycles. The summed E-state index contributed by atoms with van der Waals surface area (Å²) in [6.07, 6.45) is 2.63. The molecule has 0 spiro atoms. The molecule has 0 radical (unpaired) electrons. The molecule has 17 heavy (non-hydrogen) atoms. The van der Waals surface area contributed by atoms with E-state index in [4.69, 9.17) is 9.47 Å². The fourth-order valence-corrected chi connectivity index (χ4v) is 3.87. The molecule has 0 aromatic rings. The topological polar surface area (TPSA) is 52.6 Å². The van der Waals surface area contributed by atoms with Crippen LogP contribution in [0.5, 0.6) is 0 Å². The SMILES string of the molecule is CC1(C)OC(=O)[C@H]2C(=O)O[C@@]3(C)CC[C@H]1[C@@H]2C3. The number of esters is 2. The van der Waals surface area contributed by atoms with Crippen LogP contribution in [-0.4, -0.2) is 23.1 Å². The number of rotatable bonds is 0. The Kier molecular flexibility index (Phi) is 1.97. The monoisotopic (exact) mass is 238 g/mol. The van der Waals surface area contributed by atoms with E-state index in [0.717, 1.165) is 19.3 Å². The van der Waals surface area contributed by atoms with Crippen molar-refractivity contribution in [2.75, 3.05) is 0 Å². The molecule has 1 aliphatic carbocycles. The summed E-state index contributed by atoms with van der Waals surface area (Å²) in [5, 5.41) is 0. The van der Waals surface area contributed by atoms with Crippen LogP contribution in [0.3, 0.4) is 0 Å². The molecule has 0 aromatic carbocycles. The summed E-state index contributed by atoms with van der Waals surface area (Å²) >= 11 is 0. The second-order valence-corrected chi connectivity index (χ2v) is 6.39. The van der Waals surface area contributed by atoms with Crippen molar-refractivity contribution in [2.45, 2.75) is 51.2 Å². The van der Waals surface area contributed by atoms with E-state index in [0.29, 0.717) is 0 Å². The molecule has 3 aliphatic rings. The number of carbonyl (C=O) groups is 2. The quantitative estimate of drug-likeness (QED) is 0.476. The van der Waals surface area contributed by atoms with Gasteiger partial charge >= 0.3 is 11.9 Å². The van der Waals surface area contributed by atoms with Crippen molar-refractivity contribution < 1.29 is 19.1 Å². The van der Waals surface area contributed by atoms with Crippen molar-refractivity contribution in [3.05, 3.63) is 0 Å². The third-order valence-electron chi connectivity index (χ3n) is 4.71. The summed E-state index contributed by atoms with van der Waals surface area (Å²) in [4.78, 5) is 23.8. The summed E-state index contributed by atoms with van der Waals surface area (Å²) in [6.45, 7) is 5.88. The van der Waals surface area contributed by atoms with Gasteiger partial charge in [-0.15, -0.1) is 0 Å². The van der Waals surface area contributed by atoms with Crippen LogP contribution >= 0.6 is 0 Å². The minimum absolute atomic E-state index is 0.103. The van der Waals surface area contributed by atoms with Crippen LogP contribution in [0.1, 0.15) is 40.0 Å². The van der Waals surface area contributed by atoms with Crippen LogP contribution in [0.4, 0.5) is 0 Å². The van der Waals surface area contributed by atoms with Crippen molar-refractivity contribution in [1.29, 1.82) is 0 Å². The number of carbonyl (C=O) groups excluding carboxylic acids is 2. The lowest BCUT2D eigenvalue weighted by Crippen LogP contribution is -2.62. The van der Waals surface area contributed by atoms with Crippen LogP contribution < -0.4 is 0 Å². The van der Waals surface area contributed by atoms with Gasteiger partial charge in [-0.05, 0) is 46.0 Å². The summed E-state index contributed by atoms with van der Waals surface area (Å²) in [5.41, 5.74) is -0.806. The Morgan fingerprint density at radius 3 is 2.47 bits per heavy atom. The molecular weight excluding hydrogens is 220 g/mol. The predicted octanol–water partition coefficient (Wildman–Crippen LogP) is 1.67. The van der Waals surface area contributed by atoms with E-state index in [1.54, 1.807) is 0 Å². The molecule has 0 amide bonds. The highest BCUT2D eigenvalue weighted by Crippen LogP contribution is 2.53. The number of fused-ring (bicyclic) bond motifs is 1. The molecule has 2 bridgehead atoms. The fraction of sp³-hybridized carbons (Fsp3) is 0.846. The molecule has 3 fully saturated rings. The molecule has 3 rings (SSSR count). The first kappa shape index (κ1) is 11.1. The van der Waals surface area contributed by atoms with Crippen LogP contribution in [0, 0.1) is 17.8 Å². The van der Waals surface area contributed by atoms with Gasteiger partial charge in [-0.1, -0.05) is 0 Å². The van der Waals surface area contributed by atoms with Gasteiger partial charge in [0.05, 0.1) is 0 Å². The van der Waals surface area contributed by atoms with E-state index in [-0.39, 0.29) is 23.4 Å². The van der Waals surface area contributed by atoms with Gasteiger partial charge in [0.1, 0.15) is 11.2 Å². The number of hydrogen-bond donors (Lipinski definition) is 0. The van der Waals surface area contributed by atoms with Gasteiger partial charge in [0, 0.05) is 5.92 Å². The Labute approximate surface area is 101 Å². The van der Waals surface area contributed by atoms with Gasteiger partial charge in [0.15, 0.2) is 5.92 Å². The zero-order valence-electron chi connectivity index (χ0n) is 10.5. The smallest absolute Gasteiger partial charge is 0.321 e. The maximum Gasteiger partial charge on any atom is 0.321 e. The highest BCUT2D eigenvalue weighted by atomic mass is 16.6. The van der Waals surface area contributed by atoms with Gasteiger partial charge in [0.25, 0.3) is 0 Å². The Morgan fingerprint density at radius 2 is 1.76 bits per heavy atom. The van der Waals surface area contributed by atoms with E-state index in [1.807, 2.05) is 20.8 Å². The average Bonchev–Trinajstić information content (AvgIpc) is 2.12. The third kappa shape index (κ3) is 1.42. The van der Waals surface area contributed by atoms with Crippen molar-refractivity contribution in [3.63, 3.8) is 0 Å². The first-order valence-electron chi connectivity index (χ1n) is 6.28. The second kappa shape index (κ2) is 3.03. The lowest BCUT2D eigenvalue weighted by atomic mass is 9.59. The van der Waals surface area contributed by atoms with Gasteiger partial charge in [0.2, 0.25) is 0 Å². The first-order valence-corrected chi connectivity index (χ1v) is 6.28. The molecule has 2 saturated heterocycles. The maximum absolute atomic E-state index is 11.9. The van der Waals surface area contributed by atoms with Gasteiger partial charge in [-0.25, -0.2) is 0 Å². The highest BCUT2D eigenvalue weighted by molar-refractivity contribution is 5.96. The molecule has 0 unspecified atom stereocenters. The second-order valence-electron chi connectivity index (χ2n) is 6.39. The minimum atomic E-state index is -0.679. The molecule has 2 aliphatic heterocycles. The summed E-state index contributed by atoms with van der Waals surface area (Å²) in [5.74, 6) is -1.07. The number of ether oxygens (including phenoxy) is 2. The van der Waals surface area contributed by atoms with Crippen LogP contribution in [0.25, 0.3) is 0 Å². The van der Waals surface area contributed by atoms with E-state index in [1.165, 1.54) is 0 Å². The highest BCUT2D eigenvalue weighted by Gasteiger charge is 2.61. The molecule has 2 heterocycles. The molecule has 0 N–H and O–H groups in total. The maximum atomic E-state index is 11.9. The molecule has 4 nitrogen and oxygen atoms in total. The van der Waals surface area contributed by atoms with E-state index < -0.39 is 17.5 Å². The number of hydrogen-bond acceptors (Lipinski definition) is 4. The Bertz CT molecular complexity index is 392. The van der Waals surface area contributed by atoms with Crippen LogP contribution in [0.15, 0.2) is 0 Å². The standard InChI is InChI=1S/C13H18O4/c1-12(2)8-4-5-13(3)6-7(8)9(10(14)16-12)11(15)17-13/h7-9H,4-6H2,1-3H3/t7-,8-,9-,13-/m0/s1. The molecule has 4 atom stereocenters. The van der Waals surface area contributed by atoms with Gasteiger partial charge in [-0.3, -0.25) is 9.59 Å². The van der Waals surface area contributed by atoms with Crippen LogP contribution in [-0.2, 0) is 19.1 Å². The number of cyclic esters (lactones) is 1. The molecular formula is C13H18O4. The lowest BCUT2D eigenvalue weighted by Gasteiger charge is -2.55. The Balaban J connectivity index is 2.02. The Morgan fingerprint density at radius 1 is 1.12 bits per heavy atom. The third-order valence-corrected chi connectivity index (χ3v) is 4.71. The summed E-state index contributed by atoms with van der Waals surface area (Å²) in [7, 11) is 0. The molecule has 1 saturated carbocycles. The zero-order valence-corrected chi connectivity index (χ0v) is 10.5. The lowest BCUT2D eigenvalue weighted by molar-refractivity contribution is -0.229. The predicted molar refractivity (Wildman–Crippen MR) is 59.0 cm³/mol. The average molecular weight is 238 g/mol. The molecule has 4 heteroatoms. The van der Waals surface area contributed by atoms with Crippen molar-refractivity contribution in [1.82, 2.24) is 0 Å². The van der Waals surface area contributed by atoms with E-state index in [9.17, 15) is 9.59 Å². The van der Waals surface area contributed by atoms with Crippen molar-refractivity contribution in [2.24, 2.45) is 17.8 Å². The normalized spacial score (nSPS) is 47.1. The Hall–Kier alpha value is -1.06. The summed E-state index contributed by atoms with van der Waals surface area (Å²) in [6, 6.07) is 0. The van der Waals surface area contributed by atoms with E-state index in [2.05, 4.69) is 0 Å². The minimum Gasteiger partial charge on any atom is -0.459 e. The van der Waals surface area contributed by atoms with Crippen LogP contribution in [0.2, 0.25) is 0 Å². The van der Waals surface area contributed by atoms with Crippen molar-refractivity contribution in [3.8, 4) is 0 Å². The molecule has 94 valence electrons. The first-order chi connectivity index (χ1) is 7.82. The van der Waals surface area contributed by atoms with Gasteiger partial charge < -0.3 is 9.47 Å². The zero-order chi connectivity index (χ0) is 12.4. The van der Waals surface area contributed by atoms with E-state index >= 15 is 0 Å².